The second-order valence-corrected chi connectivity index (χ2v) is 7.71. The molecule has 7 heteroatoms. The van der Waals surface area contributed by atoms with Gasteiger partial charge in [0.2, 0.25) is 5.91 Å². The number of aromatic nitrogens is 3. The molecule has 0 saturated heterocycles. The molecule has 0 aliphatic heterocycles. The summed E-state index contributed by atoms with van der Waals surface area (Å²) in [6.45, 7) is 3.97. The Morgan fingerprint density at radius 3 is 2.81 bits per heavy atom. The van der Waals surface area contributed by atoms with E-state index >= 15 is 0 Å². The van der Waals surface area contributed by atoms with Crippen molar-refractivity contribution in [2.75, 3.05) is 5.75 Å². The third-order valence-electron chi connectivity index (χ3n) is 4.68. The molecule has 1 saturated carbocycles. The lowest BCUT2D eigenvalue weighted by Gasteiger charge is -2.16. The summed E-state index contributed by atoms with van der Waals surface area (Å²) < 4.78 is 7.93. The molecule has 1 N–H and O–H groups in total. The summed E-state index contributed by atoms with van der Waals surface area (Å²) in [6, 6.07) is 8.26. The summed E-state index contributed by atoms with van der Waals surface area (Å²) in [5, 5.41) is 12.3. The van der Waals surface area contributed by atoms with Gasteiger partial charge in [0, 0.05) is 13.1 Å². The number of nitrogens with one attached hydrogen (secondary N) is 1. The van der Waals surface area contributed by atoms with Crippen LogP contribution in [0.3, 0.4) is 0 Å². The molecule has 1 aliphatic carbocycles. The van der Waals surface area contributed by atoms with Crippen LogP contribution in [-0.4, -0.2) is 32.5 Å². The highest BCUT2D eigenvalue weighted by Crippen LogP contribution is 2.25. The predicted molar refractivity (Wildman–Crippen MR) is 102 cm³/mol. The molecular weight excluding hydrogens is 348 g/mol. The third kappa shape index (κ3) is 4.58. The van der Waals surface area contributed by atoms with Crippen molar-refractivity contribution in [2.45, 2.75) is 56.8 Å². The Kier molecular flexibility index (Phi) is 6.19. The summed E-state index contributed by atoms with van der Waals surface area (Å²) in [5.74, 6) is 2.01. The molecule has 1 fully saturated rings. The summed E-state index contributed by atoms with van der Waals surface area (Å²) in [6.07, 6.45) is 4.39. The van der Waals surface area contributed by atoms with Crippen LogP contribution in [0.1, 0.15) is 50.1 Å². The summed E-state index contributed by atoms with van der Waals surface area (Å²) in [4.78, 5) is 12.1. The molecule has 1 atom stereocenters. The average molecular weight is 375 g/mol. The van der Waals surface area contributed by atoms with Gasteiger partial charge >= 0.3 is 0 Å². The molecule has 6 nitrogen and oxygen atoms in total. The number of hydrogen-bond acceptors (Lipinski definition) is 5. The maximum absolute atomic E-state index is 12.1. The fourth-order valence-electron chi connectivity index (χ4n) is 3.21. The van der Waals surface area contributed by atoms with E-state index in [2.05, 4.69) is 15.5 Å². The van der Waals surface area contributed by atoms with Crippen molar-refractivity contribution in [3.63, 3.8) is 0 Å². The SMILES string of the molecule is Cc1ccccc1OC(C)c1nnc(SCC(=O)NC2CCCC2)n1C. The number of carbonyl (C=O) groups excluding carboxylic acids is 1. The molecular formula is C19H26N4O2S. The van der Waals surface area contributed by atoms with E-state index in [1.807, 2.05) is 49.7 Å². The highest BCUT2D eigenvalue weighted by molar-refractivity contribution is 7.99. The van der Waals surface area contributed by atoms with E-state index in [9.17, 15) is 4.79 Å². The van der Waals surface area contributed by atoms with E-state index in [-0.39, 0.29) is 12.0 Å². The number of ether oxygens (including phenoxy) is 1. The van der Waals surface area contributed by atoms with Gasteiger partial charge in [-0.3, -0.25) is 4.79 Å². The van der Waals surface area contributed by atoms with Crippen LogP contribution in [0.15, 0.2) is 29.4 Å². The Balaban J connectivity index is 1.56. The number of aryl methyl sites for hydroxylation is 1. The summed E-state index contributed by atoms with van der Waals surface area (Å²) in [7, 11) is 1.91. The van der Waals surface area contributed by atoms with Gasteiger partial charge in [0.15, 0.2) is 17.1 Å². The second kappa shape index (κ2) is 8.58. The van der Waals surface area contributed by atoms with Crippen LogP contribution in [0, 0.1) is 6.92 Å². The molecule has 0 bridgehead atoms. The van der Waals surface area contributed by atoms with Crippen molar-refractivity contribution in [2.24, 2.45) is 7.05 Å². The smallest absolute Gasteiger partial charge is 0.230 e. The number of nitrogens with zero attached hydrogens (tertiary/aromatic N) is 3. The molecule has 1 amide bonds. The Hall–Kier alpha value is -2.02. The number of carbonyl (C=O) groups is 1. The van der Waals surface area contributed by atoms with Gasteiger partial charge in [0.25, 0.3) is 0 Å². The largest absolute Gasteiger partial charge is 0.482 e. The van der Waals surface area contributed by atoms with Crippen LogP contribution in [-0.2, 0) is 11.8 Å². The van der Waals surface area contributed by atoms with Gasteiger partial charge in [0.1, 0.15) is 5.75 Å². The maximum atomic E-state index is 12.1. The molecule has 3 rings (SSSR count). The predicted octanol–water partition coefficient (Wildman–Crippen LogP) is 3.41. The molecule has 2 aromatic rings. The number of benzene rings is 1. The van der Waals surface area contributed by atoms with E-state index in [1.54, 1.807) is 0 Å². The lowest BCUT2D eigenvalue weighted by atomic mass is 10.2. The van der Waals surface area contributed by atoms with Crippen molar-refractivity contribution < 1.29 is 9.53 Å². The first-order valence-corrected chi connectivity index (χ1v) is 10.1. The van der Waals surface area contributed by atoms with Crippen molar-refractivity contribution in [1.82, 2.24) is 20.1 Å². The minimum absolute atomic E-state index is 0.0654. The zero-order valence-electron chi connectivity index (χ0n) is 15.6. The minimum atomic E-state index is -0.227. The van der Waals surface area contributed by atoms with Crippen LogP contribution in [0.4, 0.5) is 0 Å². The minimum Gasteiger partial charge on any atom is -0.482 e. The molecule has 1 aromatic carbocycles. The van der Waals surface area contributed by atoms with E-state index < -0.39 is 0 Å². The van der Waals surface area contributed by atoms with E-state index in [1.165, 1.54) is 24.6 Å². The first-order valence-electron chi connectivity index (χ1n) is 9.08. The molecule has 1 aromatic heterocycles. The molecule has 1 heterocycles. The van der Waals surface area contributed by atoms with Crippen LogP contribution < -0.4 is 10.1 Å². The normalized spacial score (nSPS) is 15.8. The quantitative estimate of drug-likeness (QED) is 0.752. The molecule has 140 valence electrons. The second-order valence-electron chi connectivity index (χ2n) is 6.76. The molecule has 0 radical (unpaired) electrons. The highest BCUT2D eigenvalue weighted by Gasteiger charge is 2.20. The maximum Gasteiger partial charge on any atom is 0.230 e. The standard InChI is InChI=1S/C19H26N4O2S/c1-13-8-4-7-11-16(13)25-14(2)18-21-22-19(23(18)3)26-12-17(24)20-15-9-5-6-10-15/h4,7-8,11,14-15H,5-6,9-10,12H2,1-3H3,(H,20,24). The number of rotatable bonds is 7. The monoisotopic (exact) mass is 374 g/mol. The van der Waals surface area contributed by atoms with E-state index in [0.717, 1.165) is 35.1 Å². The summed E-state index contributed by atoms with van der Waals surface area (Å²) in [5.41, 5.74) is 1.08. The fraction of sp³-hybridized carbons (Fsp3) is 0.526. The lowest BCUT2D eigenvalue weighted by Crippen LogP contribution is -2.33. The van der Waals surface area contributed by atoms with Gasteiger partial charge in [0.05, 0.1) is 5.75 Å². The molecule has 0 spiro atoms. The number of amides is 1. The number of hydrogen-bond donors (Lipinski definition) is 1. The molecule has 1 aliphatic rings. The first kappa shape index (κ1) is 18.8. The van der Waals surface area contributed by atoms with Crippen LogP contribution in [0.25, 0.3) is 0 Å². The van der Waals surface area contributed by atoms with Gasteiger partial charge < -0.3 is 14.6 Å². The van der Waals surface area contributed by atoms with Crippen LogP contribution in [0.2, 0.25) is 0 Å². The Bertz CT molecular complexity index is 756. The van der Waals surface area contributed by atoms with E-state index in [4.69, 9.17) is 4.74 Å². The summed E-state index contributed by atoms with van der Waals surface area (Å²) >= 11 is 1.41. The molecule has 26 heavy (non-hydrogen) atoms. The topological polar surface area (TPSA) is 69.0 Å². The van der Waals surface area contributed by atoms with Gasteiger partial charge in [-0.05, 0) is 38.3 Å². The Morgan fingerprint density at radius 2 is 2.08 bits per heavy atom. The fourth-order valence-corrected chi connectivity index (χ4v) is 3.94. The number of para-hydroxylation sites is 1. The van der Waals surface area contributed by atoms with Crippen LogP contribution >= 0.6 is 11.8 Å². The zero-order chi connectivity index (χ0) is 18.5. The van der Waals surface area contributed by atoms with Gasteiger partial charge in [-0.25, -0.2) is 0 Å². The van der Waals surface area contributed by atoms with Gasteiger partial charge in [-0.2, -0.15) is 0 Å². The highest BCUT2D eigenvalue weighted by atomic mass is 32.2. The lowest BCUT2D eigenvalue weighted by molar-refractivity contribution is -0.119. The van der Waals surface area contributed by atoms with E-state index in [0.29, 0.717) is 11.8 Å². The van der Waals surface area contributed by atoms with Gasteiger partial charge in [-0.15, -0.1) is 10.2 Å². The Labute approximate surface area is 158 Å². The average Bonchev–Trinajstić information content (AvgIpc) is 3.25. The van der Waals surface area contributed by atoms with Gasteiger partial charge in [-0.1, -0.05) is 42.8 Å². The first-order chi connectivity index (χ1) is 12.5. The number of thioether (sulfide) groups is 1. The third-order valence-corrected chi connectivity index (χ3v) is 5.70. The van der Waals surface area contributed by atoms with Crippen molar-refractivity contribution in [1.29, 1.82) is 0 Å². The molecule has 1 unspecified atom stereocenters. The van der Waals surface area contributed by atoms with Crippen molar-refractivity contribution in [3.05, 3.63) is 35.7 Å². The van der Waals surface area contributed by atoms with Crippen LogP contribution in [0.5, 0.6) is 5.75 Å². The van der Waals surface area contributed by atoms with Crippen molar-refractivity contribution in [3.8, 4) is 5.75 Å². The van der Waals surface area contributed by atoms with Crippen molar-refractivity contribution >= 4 is 17.7 Å². The Morgan fingerprint density at radius 1 is 1.35 bits per heavy atom. The zero-order valence-corrected chi connectivity index (χ0v) is 16.4.